The van der Waals surface area contributed by atoms with Gasteiger partial charge in [-0.2, -0.15) is 0 Å². The van der Waals surface area contributed by atoms with Crippen LogP contribution in [0.15, 0.2) is 42.5 Å². The van der Waals surface area contributed by atoms with Crippen LogP contribution in [-0.4, -0.2) is 19.2 Å². The molecule has 1 saturated carbocycles. The standard InChI is InChI=1S/C20H25NO/c1-2-4-17-15-19(6-5-16(17)3-1)22-18-7-9-20(10-8-18)11-13-21-14-12-20/h1-6,15,18,21H,7-14H2. The molecule has 0 radical (unpaired) electrons. The van der Waals surface area contributed by atoms with Crippen molar-refractivity contribution in [3.8, 4) is 5.75 Å². The van der Waals surface area contributed by atoms with E-state index in [0.717, 1.165) is 5.75 Å². The molecule has 1 spiro atoms. The van der Waals surface area contributed by atoms with E-state index in [2.05, 4.69) is 47.8 Å². The fourth-order valence-corrected chi connectivity index (χ4v) is 4.21. The van der Waals surface area contributed by atoms with Gasteiger partial charge in [-0.15, -0.1) is 0 Å². The highest BCUT2D eigenvalue weighted by Gasteiger charge is 2.36. The summed E-state index contributed by atoms with van der Waals surface area (Å²) in [5.41, 5.74) is 0.620. The topological polar surface area (TPSA) is 21.3 Å². The summed E-state index contributed by atoms with van der Waals surface area (Å²) in [5.74, 6) is 1.03. The lowest BCUT2D eigenvalue weighted by atomic mass is 9.68. The zero-order chi connectivity index (χ0) is 14.8. The lowest BCUT2D eigenvalue weighted by molar-refractivity contribution is 0.0572. The van der Waals surface area contributed by atoms with Crippen LogP contribution < -0.4 is 10.1 Å². The van der Waals surface area contributed by atoms with Crippen LogP contribution in [0.25, 0.3) is 10.8 Å². The molecule has 1 aliphatic heterocycles. The minimum atomic E-state index is 0.404. The Morgan fingerprint density at radius 2 is 1.59 bits per heavy atom. The van der Waals surface area contributed by atoms with E-state index in [9.17, 15) is 0 Å². The number of nitrogens with one attached hydrogen (secondary N) is 1. The highest BCUT2D eigenvalue weighted by Crippen LogP contribution is 2.44. The second kappa shape index (κ2) is 5.92. The zero-order valence-corrected chi connectivity index (χ0v) is 13.2. The third-order valence-corrected chi connectivity index (χ3v) is 5.68. The van der Waals surface area contributed by atoms with Gasteiger partial charge in [0.2, 0.25) is 0 Å². The molecular weight excluding hydrogens is 270 g/mol. The lowest BCUT2D eigenvalue weighted by Gasteiger charge is -2.43. The van der Waals surface area contributed by atoms with Crippen LogP contribution in [0, 0.1) is 5.41 Å². The Bertz CT molecular complexity index is 635. The van der Waals surface area contributed by atoms with Crippen molar-refractivity contribution in [3.63, 3.8) is 0 Å². The van der Waals surface area contributed by atoms with E-state index in [1.54, 1.807) is 0 Å². The first kappa shape index (κ1) is 14.1. The monoisotopic (exact) mass is 295 g/mol. The van der Waals surface area contributed by atoms with Gasteiger partial charge in [0.15, 0.2) is 0 Å². The minimum Gasteiger partial charge on any atom is -0.490 e. The van der Waals surface area contributed by atoms with E-state index < -0.39 is 0 Å². The Labute approximate surface area is 132 Å². The highest BCUT2D eigenvalue weighted by atomic mass is 16.5. The molecular formula is C20H25NO. The lowest BCUT2D eigenvalue weighted by Crippen LogP contribution is -2.40. The zero-order valence-electron chi connectivity index (χ0n) is 13.2. The van der Waals surface area contributed by atoms with Crippen molar-refractivity contribution in [1.82, 2.24) is 5.32 Å². The number of ether oxygens (including phenoxy) is 1. The normalized spacial score (nSPS) is 22.0. The second-order valence-corrected chi connectivity index (χ2v) is 7.08. The quantitative estimate of drug-likeness (QED) is 0.879. The van der Waals surface area contributed by atoms with Gasteiger partial charge in [-0.3, -0.25) is 0 Å². The summed E-state index contributed by atoms with van der Waals surface area (Å²) in [4.78, 5) is 0. The maximum Gasteiger partial charge on any atom is 0.120 e. The minimum absolute atomic E-state index is 0.404. The molecule has 2 aliphatic rings. The molecule has 1 saturated heterocycles. The van der Waals surface area contributed by atoms with Gasteiger partial charge in [0.05, 0.1) is 6.10 Å². The Morgan fingerprint density at radius 3 is 2.36 bits per heavy atom. The number of piperidine rings is 1. The van der Waals surface area contributed by atoms with Crippen LogP contribution in [0.3, 0.4) is 0 Å². The van der Waals surface area contributed by atoms with Gasteiger partial charge >= 0.3 is 0 Å². The average Bonchev–Trinajstić information content (AvgIpc) is 2.58. The van der Waals surface area contributed by atoms with Crippen LogP contribution in [0.1, 0.15) is 38.5 Å². The van der Waals surface area contributed by atoms with Gasteiger partial charge in [0, 0.05) is 0 Å². The molecule has 116 valence electrons. The molecule has 2 nitrogen and oxygen atoms in total. The molecule has 0 bridgehead atoms. The van der Waals surface area contributed by atoms with Gasteiger partial charge < -0.3 is 10.1 Å². The van der Waals surface area contributed by atoms with E-state index in [0.29, 0.717) is 11.5 Å². The summed E-state index contributed by atoms with van der Waals surface area (Å²) in [6.07, 6.45) is 8.23. The predicted octanol–water partition coefficient (Wildman–Crippen LogP) is 4.53. The van der Waals surface area contributed by atoms with E-state index in [1.807, 2.05) is 0 Å². The number of fused-ring (bicyclic) bond motifs is 1. The predicted molar refractivity (Wildman–Crippen MR) is 91.4 cm³/mol. The summed E-state index contributed by atoms with van der Waals surface area (Å²) >= 11 is 0. The summed E-state index contributed by atoms with van der Waals surface area (Å²) in [6.45, 7) is 2.41. The van der Waals surface area contributed by atoms with Crippen LogP contribution in [0.5, 0.6) is 5.75 Å². The first-order valence-electron chi connectivity index (χ1n) is 8.69. The van der Waals surface area contributed by atoms with Crippen LogP contribution in [-0.2, 0) is 0 Å². The molecule has 22 heavy (non-hydrogen) atoms. The SMILES string of the molecule is c1ccc2cc(OC3CCC4(CCNCC4)CC3)ccc2c1. The maximum absolute atomic E-state index is 6.28. The molecule has 0 unspecified atom stereocenters. The third-order valence-electron chi connectivity index (χ3n) is 5.68. The van der Waals surface area contributed by atoms with E-state index in [-0.39, 0.29) is 0 Å². The molecule has 2 fully saturated rings. The van der Waals surface area contributed by atoms with Crippen molar-refractivity contribution in [3.05, 3.63) is 42.5 Å². The second-order valence-electron chi connectivity index (χ2n) is 7.08. The van der Waals surface area contributed by atoms with E-state index in [1.165, 1.54) is 62.4 Å². The van der Waals surface area contributed by atoms with Crippen molar-refractivity contribution in [2.45, 2.75) is 44.6 Å². The maximum atomic E-state index is 6.28. The molecule has 4 rings (SSSR count). The molecule has 0 atom stereocenters. The van der Waals surface area contributed by atoms with E-state index in [4.69, 9.17) is 4.74 Å². The molecule has 1 heterocycles. The molecule has 0 aromatic heterocycles. The van der Waals surface area contributed by atoms with Crippen molar-refractivity contribution < 1.29 is 4.74 Å². The van der Waals surface area contributed by atoms with Crippen molar-refractivity contribution in [2.24, 2.45) is 5.41 Å². The van der Waals surface area contributed by atoms with Crippen molar-refractivity contribution in [1.29, 1.82) is 0 Å². The number of hydrogen-bond donors (Lipinski definition) is 1. The highest BCUT2D eigenvalue weighted by molar-refractivity contribution is 5.83. The summed E-state index contributed by atoms with van der Waals surface area (Å²) < 4.78 is 6.28. The first-order valence-corrected chi connectivity index (χ1v) is 8.69. The Kier molecular flexibility index (Phi) is 3.79. The first-order chi connectivity index (χ1) is 10.8. The molecule has 2 aromatic carbocycles. The largest absolute Gasteiger partial charge is 0.490 e. The molecule has 2 heteroatoms. The summed E-state index contributed by atoms with van der Waals surface area (Å²) in [6, 6.07) is 15.0. The fourth-order valence-electron chi connectivity index (χ4n) is 4.21. The van der Waals surface area contributed by atoms with E-state index >= 15 is 0 Å². The Hall–Kier alpha value is -1.54. The number of rotatable bonds is 2. The molecule has 0 amide bonds. The fraction of sp³-hybridized carbons (Fsp3) is 0.500. The summed E-state index contributed by atoms with van der Waals surface area (Å²) in [5, 5.41) is 6.05. The molecule has 2 aromatic rings. The van der Waals surface area contributed by atoms with Crippen LogP contribution >= 0.6 is 0 Å². The van der Waals surface area contributed by atoms with Crippen LogP contribution in [0.2, 0.25) is 0 Å². The smallest absolute Gasteiger partial charge is 0.120 e. The summed E-state index contributed by atoms with van der Waals surface area (Å²) in [7, 11) is 0. The van der Waals surface area contributed by atoms with Gasteiger partial charge in [0.25, 0.3) is 0 Å². The van der Waals surface area contributed by atoms with Crippen molar-refractivity contribution >= 4 is 10.8 Å². The Morgan fingerprint density at radius 1 is 0.864 bits per heavy atom. The van der Waals surface area contributed by atoms with Crippen molar-refractivity contribution in [2.75, 3.05) is 13.1 Å². The third kappa shape index (κ3) is 2.85. The number of hydrogen-bond acceptors (Lipinski definition) is 2. The number of benzene rings is 2. The molecule has 1 N–H and O–H groups in total. The Balaban J connectivity index is 1.41. The van der Waals surface area contributed by atoms with Gasteiger partial charge in [-0.25, -0.2) is 0 Å². The van der Waals surface area contributed by atoms with Crippen LogP contribution in [0.4, 0.5) is 0 Å². The molecule has 1 aliphatic carbocycles. The average molecular weight is 295 g/mol. The van der Waals surface area contributed by atoms with Gasteiger partial charge in [-0.1, -0.05) is 30.3 Å². The van der Waals surface area contributed by atoms with Gasteiger partial charge in [0.1, 0.15) is 5.75 Å². The van der Waals surface area contributed by atoms with Gasteiger partial charge in [-0.05, 0) is 79.9 Å².